The Kier molecular flexibility index (Phi) is 3.79. The number of carbonyl (C=O) groups is 1. The summed E-state index contributed by atoms with van der Waals surface area (Å²) in [5.74, 6) is -1.03. The maximum atomic E-state index is 10.9. The van der Waals surface area contributed by atoms with Crippen molar-refractivity contribution in [2.45, 2.75) is 25.4 Å². The molecule has 0 spiro atoms. The molecule has 1 saturated heterocycles. The number of aromatic carboxylic acids is 1. The maximum Gasteiger partial charge on any atom is 0.349 e. The van der Waals surface area contributed by atoms with Crippen LogP contribution in [0.4, 0.5) is 5.13 Å². The molecule has 1 unspecified atom stereocenters. The molecule has 0 aromatic carbocycles. The number of piperidine rings is 1. The summed E-state index contributed by atoms with van der Waals surface area (Å²) in [5.41, 5.74) is -0.209. The van der Waals surface area contributed by atoms with E-state index in [0.29, 0.717) is 11.7 Å². The Morgan fingerprint density at radius 2 is 2.39 bits per heavy atom. The van der Waals surface area contributed by atoms with E-state index in [1.54, 1.807) is 7.11 Å². The monoisotopic (exact) mass is 290 g/mol. The third-order valence-corrected chi connectivity index (χ3v) is 4.68. The Morgan fingerprint density at radius 1 is 1.67 bits per heavy atom. The fourth-order valence-electron chi connectivity index (χ4n) is 2.09. The van der Waals surface area contributed by atoms with Crippen molar-refractivity contribution in [2.75, 3.05) is 25.1 Å². The van der Waals surface area contributed by atoms with Crippen molar-refractivity contribution < 1.29 is 14.6 Å². The summed E-state index contributed by atoms with van der Waals surface area (Å²) in [7, 11) is 1.70. The van der Waals surface area contributed by atoms with E-state index in [0.717, 1.165) is 30.7 Å². The summed E-state index contributed by atoms with van der Waals surface area (Å²) >= 11 is 6.94. The quantitative estimate of drug-likeness (QED) is 0.927. The molecule has 1 aliphatic rings. The van der Waals surface area contributed by atoms with Crippen molar-refractivity contribution in [3.8, 4) is 0 Å². The Labute approximate surface area is 114 Å². The van der Waals surface area contributed by atoms with Gasteiger partial charge in [0.05, 0.1) is 5.60 Å². The lowest BCUT2D eigenvalue weighted by molar-refractivity contribution is -0.00466. The van der Waals surface area contributed by atoms with E-state index in [2.05, 4.69) is 4.98 Å². The van der Waals surface area contributed by atoms with Crippen LogP contribution in [0.2, 0.25) is 5.15 Å². The third-order valence-electron chi connectivity index (χ3n) is 3.19. The van der Waals surface area contributed by atoms with Gasteiger partial charge in [0.15, 0.2) is 15.2 Å². The fraction of sp³-hybridized carbons (Fsp3) is 0.636. The van der Waals surface area contributed by atoms with Gasteiger partial charge in [-0.3, -0.25) is 0 Å². The summed E-state index contributed by atoms with van der Waals surface area (Å²) < 4.78 is 5.50. The van der Waals surface area contributed by atoms with Crippen molar-refractivity contribution in [1.29, 1.82) is 0 Å². The van der Waals surface area contributed by atoms with Gasteiger partial charge in [-0.15, -0.1) is 0 Å². The van der Waals surface area contributed by atoms with Crippen LogP contribution in [-0.2, 0) is 4.74 Å². The van der Waals surface area contributed by atoms with Gasteiger partial charge in [-0.1, -0.05) is 22.9 Å². The number of thiazole rings is 1. The predicted molar refractivity (Wildman–Crippen MR) is 70.9 cm³/mol. The Morgan fingerprint density at radius 3 is 2.94 bits per heavy atom. The zero-order chi connectivity index (χ0) is 13.3. The number of hydrogen-bond donors (Lipinski definition) is 1. The van der Waals surface area contributed by atoms with Gasteiger partial charge in [-0.25, -0.2) is 9.78 Å². The molecule has 5 nitrogen and oxygen atoms in total. The van der Waals surface area contributed by atoms with E-state index in [1.165, 1.54) is 0 Å². The molecule has 0 aliphatic carbocycles. The number of carboxylic acid groups (broad SMARTS) is 1. The van der Waals surface area contributed by atoms with Crippen LogP contribution in [0.5, 0.6) is 0 Å². The third kappa shape index (κ3) is 2.60. The second-order valence-corrected chi connectivity index (χ2v) is 5.94. The average molecular weight is 291 g/mol. The summed E-state index contributed by atoms with van der Waals surface area (Å²) in [4.78, 5) is 17.2. The minimum absolute atomic E-state index is 0.0622. The highest BCUT2D eigenvalue weighted by Gasteiger charge is 2.32. The molecule has 2 rings (SSSR count). The van der Waals surface area contributed by atoms with E-state index in [4.69, 9.17) is 21.4 Å². The van der Waals surface area contributed by atoms with Gasteiger partial charge in [-0.05, 0) is 19.8 Å². The van der Waals surface area contributed by atoms with Crippen molar-refractivity contribution in [2.24, 2.45) is 0 Å². The molecule has 0 radical (unpaired) electrons. The van der Waals surface area contributed by atoms with Crippen LogP contribution in [0.25, 0.3) is 0 Å². The minimum atomic E-state index is -1.03. The van der Waals surface area contributed by atoms with Gasteiger partial charge in [0.25, 0.3) is 0 Å². The molecule has 2 heterocycles. The SMILES string of the molecule is COC1(C)CCCN(c2nc(Cl)c(C(=O)O)s2)C1. The molecule has 0 saturated carbocycles. The second-order valence-electron chi connectivity index (χ2n) is 4.60. The first-order chi connectivity index (χ1) is 8.45. The van der Waals surface area contributed by atoms with E-state index >= 15 is 0 Å². The zero-order valence-corrected chi connectivity index (χ0v) is 11.8. The van der Waals surface area contributed by atoms with E-state index < -0.39 is 5.97 Å². The molecular formula is C11H15ClN2O3S. The molecule has 0 bridgehead atoms. The zero-order valence-electron chi connectivity index (χ0n) is 10.3. The molecule has 0 amide bonds. The first kappa shape index (κ1) is 13.6. The van der Waals surface area contributed by atoms with Gasteiger partial charge in [0.1, 0.15) is 0 Å². The number of methoxy groups -OCH3 is 1. The van der Waals surface area contributed by atoms with Crippen LogP contribution < -0.4 is 4.90 Å². The average Bonchev–Trinajstić information content (AvgIpc) is 2.72. The smallest absolute Gasteiger partial charge is 0.349 e. The largest absolute Gasteiger partial charge is 0.477 e. The number of ether oxygens (including phenoxy) is 1. The van der Waals surface area contributed by atoms with E-state index in [1.807, 2.05) is 11.8 Å². The first-order valence-electron chi connectivity index (χ1n) is 5.65. The van der Waals surface area contributed by atoms with Crippen LogP contribution in [0, 0.1) is 0 Å². The predicted octanol–water partition coefficient (Wildman–Crippen LogP) is 2.50. The van der Waals surface area contributed by atoms with Crippen molar-refractivity contribution >= 4 is 34.0 Å². The van der Waals surface area contributed by atoms with Crippen LogP contribution in [-0.4, -0.2) is 41.9 Å². The van der Waals surface area contributed by atoms with Crippen LogP contribution >= 0.6 is 22.9 Å². The van der Waals surface area contributed by atoms with Gasteiger partial charge in [0, 0.05) is 20.2 Å². The summed E-state index contributed by atoms with van der Waals surface area (Å²) in [6.45, 7) is 3.60. The molecule has 1 fully saturated rings. The van der Waals surface area contributed by atoms with Crippen molar-refractivity contribution in [3.05, 3.63) is 10.0 Å². The molecule has 1 aliphatic heterocycles. The highest BCUT2D eigenvalue weighted by Crippen LogP contribution is 2.33. The van der Waals surface area contributed by atoms with Crippen LogP contribution in [0.1, 0.15) is 29.4 Å². The van der Waals surface area contributed by atoms with Gasteiger partial charge < -0.3 is 14.7 Å². The fourth-order valence-corrected chi connectivity index (χ4v) is 3.24. The summed E-state index contributed by atoms with van der Waals surface area (Å²) in [5, 5.41) is 9.68. The summed E-state index contributed by atoms with van der Waals surface area (Å²) in [6.07, 6.45) is 1.98. The molecule has 1 atom stereocenters. The molecule has 1 aromatic heterocycles. The van der Waals surface area contributed by atoms with Gasteiger partial charge in [-0.2, -0.15) is 0 Å². The lowest BCUT2D eigenvalue weighted by Gasteiger charge is -2.39. The molecule has 1 N–H and O–H groups in total. The number of rotatable bonds is 3. The van der Waals surface area contributed by atoms with Crippen LogP contribution in [0.15, 0.2) is 0 Å². The molecule has 7 heteroatoms. The summed E-state index contributed by atoms with van der Waals surface area (Å²) in [6, 6.07) is 0. The molecular weight excluding hydrogens is 276 g/mol. The molecule has 18 heavy (non-hydrogen) atoms. The van der Waals surface area contributed by atoms with Crippen molar-refractivity contribution in [1.82, 2.24) is 4.98 Å². The number of nitrogens with zero attached hydrogens (tertiary/aromatic N) is 2. The molecule has 1 aromatic rings. The van der Waals surface area contributed by atoms with Gasteiger partial charge in [0.2, 0.25) is 0 Å². The van der Waals surface area contributed by atoms with E-state index in [-0.39, 0.29) is 15.6 Å². The highest BCUT2D eigenvalue weighted by molar-refractivity contribution is 7.18. The topological polar surface area (TPSA) is 62.7 Å². The number of aromatic nitrogens is 1. The maximum absolute atomic E-state index is 10.9. The second kappa shape index (κ2) is 5.03. The van der Waals surface area contributed by atoms with Crippen molar-refractivity contribution in [3.63, 3.8) is 0 Å². The highest BCUT2D eigenvalue weighted by atomic mass is 35.5. The Balaban J connectivity index is 2.21. The van der Waals surface area contributed by atoms with Crippen LogP contribution in [0.3, 0.4) is 0 Å². The number of hydrogen-bond acceptors (Lipinski definition) is 5. The lowest BCUT2D eigenvalue weighted by Crippen LogP contribution is -2.47. The minimum Gasteiger partial charge on any atom is -0.477 e. The Bertz CT molecular complexity index is 465. The lowest BCUT2D eigenvalue weighted by atomic mass is 9.95. The number of halogens is 1. The number of carboxylic acids is 1. The standard InChI is InChI=1S/C11H15ClN2O3S/c1-11(17-2)4-3-5-14(6-11)10-13-8(12)7(18-10)9(15)16/h3-6H2,1-2H3,(H,15,16). The van der Waals surface area contributed by atoms with Gasteiger partial charge >= 0.3 is 5.97 Å². The van der Waals surface area contributed by atoms with E-state index in [9.17, 15) is 4.79 Å². The Hall–Kier alpha value is -0.850. The normalized spacial score (nSPS) is 24.3. The number of anilines is 1. The first-order valence-corrected chi connectivity index (χ1v) is 6.84. The molecule has 100 valence electrons.